The van der Waals surface area contributed by atoms with Gasteiger partial charge in [0, 0.05) is 5.25 Å². The summed E-state index contributed by atoms with van der Waals surface area (Å²) < 4.78 is 36.3. The molecule has 7 heteroatoms. The first kappa shape index (κ1) is 26.3. The van der Waals surface area contributed by atoms with Crippen LogP contribution in [0.15, 0.2) is 35.5 Å². The quantitative estimate of drug-likeness (QED) is 0.323. The number of likely N-dealkylation sites (tertiary alicyclic amines) is 1. The number of allylic oxidation sites excluding steroid dienone is 4. The Morgan fingerprint density at radius 1 is 1.17 bits per heavy atom. The molecule has 0 bridgehead atoms. The van der Waals surface area contributed by atoms with Crippen LogP contribution < -0.4 is 34.5 Å². The summed E-state index contributed by atoms with van der Waals surface area (Å²) in [5, 5.41) is -0.814. The van der Waals surface area contributed by atoms with Crippen molar-refractivity contribution in [1.82, 2.24) is 4.90 Å². The van der Waals surface area contributed by atoms with Gasteiger partial charge in [0.05, 0.1) is 23.2 Å². The maximum Gasteiger partial charge on any atom is 1.00 e. The van der Waals surface area contributed by atoms with Gasteiger partial charge in [-0.1, -0.05) is 24.1 Å². The molecule has 1 saturated heterocycles. The van der Waals surface area contributed by atoms with Crippen molar-refractivity contribution in [3.05, 3.63) is 41.9 Å². The topological polar surface area (TPSA) is 64.9 Å². The third-order valence-corrected chi connectivity index (χ3v) is 8.40. The molecule has 1 N–H and O–H groups in total. The minimum absolute atomic E-state index is 0. The van der Waals surface area contributed by atoms with Gasteiger partial charge in [0.15, 0.2) is 0 Å². The minimum Gasteiger partial charge on any atom is -0.748 e. The number of quaternary nitrogens is 1. The van der Waals surface area contributed by atoms with E-state index in [1.54, 1.807) is 0 Å². The predicted octanol–water partition coefficient (Wildman–Crippen LogP) is -1.03. The predicted molar refractivity (Wildman–Crippen MR) is 116 cm³/mol. The van der Waals surface area contributed by atoms with Crippen LogP contribution in [0.2, 0.25) is 0 Å². The van der Waals surface area contributed by atoms with Crippen molar-refractivity contribution >= 4 is 10.1 Å². The van der Waals surface area contributed by atoms with Crippen molar-refractivity contribution in [1.29, 1.82) is 0 Å². The zero-order valence-electron chi connectivity index (χ0n) is 19.1. The first-order chi connectivity index (χ1) is 13.8. The van der Waals surface area contributed by atoms with E-state index in [2.05, 4.69) is 50.1 Å². The Morgan fingerprint density at radius 2 is 1.77 bits per heavy atom. The molecule has 2 unspecified atom stereocenters. The number of likely N-dealkylation sites (N-methyl/N-ethyl adjacent to an activating group) is 1. The molecule has 0 amide bonds. The average Bonchev–Trinajstić information content (AvgIpc) is 2.71. The van der Waals surface area contributed by atoms with Crippen LogP contribution in [0.5, 0.6) is 0 Å². The van der Waals surface area contributed by atoms with Crippen molar-refractivity contribution < 1.29 is 47.4 Å². The fourth-order valence-corrected chi connectivity index (χ4v) is 6.45. The van der Waals surface area contributed by atoms with Gasteiger partial charge in [0.1, 0.15) is 6.04 Å². The first-order valence-corrected chi connectivity index (χ1v) is 12.7. The smallest absolute Gasteiger partial charge is 0.748 e. The van der Waals surface area contributed by atoms with Gasteiger partial charge >= 0.3 is 29.6 Å². The van der Waals surface area contributed by atoms with Crippen LogP contribution in [-0.2, 0) is 10.1 Å². The third-order valence-electron chi connectivity index (χ3n) is 7.14. The number of hydrogen-bond acceptors (Lipinski definition) is 4. The van der Waals surface area contributed by atoms with Crippen LogP contribution >= 0.6 is 0 Å². The van der Waals surface area contributed by atoms with Crippen molar-refractivity contribution in [2.45, 2.75) is 57.2 Å². The summed E-state index contributed by atoms with van der Waals surface area (Å²) in [4.78, 5) is 3.85. The van der Waals surface area contributed by atoms with Crippen molar-refractivity contribution in [3.8, 4) is 0 Å². The van der Waals surface area contributed by atoms with E-state index in [1.807, 2.05) is 6.42 Å². The molecule has 0 aromatic rings. The van der Waals surface area contributed by atoms with E-state index in [-0.39, 0.29) is 35.5 Å². The van der Waals surface area contributed by atoms with Crippen molar-refractivity contribution in [3.63, 3.8) is 0 Å². The van der Waals surface area contributed by atoms with Crippen LogP contribution in [0.25, 0.3) is 0 Å². The zero-order chi connectivity index (χ0) is 21.0. The molecule has 164 valence electrons. The molecular formula is C23H37N2NaO3S. The number of nitrogens with zero attached hydrogens (tertiary/aromatic N) is 1. The monoisotopic (exact) mass is 444 g/mol. The number of rotatable bonds is 6. The van der Waals surface area contributed by atoms with Gasteiger partial charge in [-0.3, -0.25) is 0 Å². The molecule has 1 saturated carbocycles. The molecule has 2 aliphatic carbocycles. The van der Waals surface area contributed by atoms with E-state index in [9.17, 15) is 13.0 Å². The first-order valence-electron chi connectivity index (χ1n) is 11.2. The zero-order valence-corrected chi connectivity index (χ0v) is 22.0. The minimum atomic E-state index is -4.32. The van der Waals surface area contributed by atoms with Crippen LogP contribution in [0.3, 0.4) is 0 Å². The second-order valence-electron chi connectivity index (χ2n) is 8.84. The molecule has 0 aromatic heterocycles. The maximum absolute atomic E-state index is 12.1. The molecule has 5 nitrogen and oxygen atoms in total. The normalized spacial score (nSPS) is 28.6. The van der Waals surface area contributed by atoms with E-state index < -0.39 is 15.4 Å². The Morgan fingerprint density at radius 3 is 2.30 bits per heavy atom. The summed E-state index contributed by atoms with van der Waals surface area (Å²) in [5.74, 6) is 0.206. The largest absolute Gasteiger partial charge is 1.00 e. The fraction of sp³-hybridized carbons (Fsp3) is 0.696. The van der Waals surface area contributed by atoms with Crippen LogP contribution in [0, 0.1) is 18.3 Å². The Balaban J connectivity index is 0.00000320. The Hall–Kier alpha value is 0.0500. The summed E-state index contributed by atoms with van der Waals surface area (Å²) in [7, 11) is -2.18. The summed E-state index contributed by atoms with van der Waals surface area (Å²) >= 11 is 0. The molecule has 1 heterocycles. The molecule has 0 aromatic carbocycles. The second-order valence-corrected chi connectivity index (χ2v) is 10.4. The summed E-state index contributed by atoms with van der Waals surface area (Å²) in [5.41, 5.74) is 2.39. The van der Waals surface area contributed by atoms with Gasteiger partial charge in [0.25, 0.3) is 0 Å². The molecule has 0 spiro atoms. The molecular weight excluding hydrogens is 407 g/mol. The Kier molecular flexibility index (Phi) is 10.3. The second kappa shape index (κ2) is 11.8. The summed E-state index contributed by atoms with van der Waals surface area (Å²) in [6, 6.07) is 0.367. The van der Waals surface area contributed by atoms with Gasteiger partial charge in [-0.25, -0.2) is 8.42 Å². The Bertz CT molecular complexity index is 734. The van der Waals surface area contributed by atoms with E-state index in [0.717, 1.165) is 57.4 Å². The number of nitrogens with one attached hydrogen (secondary N) is 1. The van der Waals surface area contributed by atoms with Gasteiger partial charge < -0.3 is 20.8 Å². The van der Waals surface area contributed by atoms with Gasteiger partial charge in [-0.15, -0.1) is 0 Å². The Labute approximate surface area is 205 Å². The van der Waals surface area contributed by atoms with Gasteiger partial charge in [-0.05, 0) is 76.4 Å². The SMILES string of the molecule is CC[NH+](CC)C1C=CC(=C(C2CCN(C)CC2)C2CC[CH-]CC2S(=O)(=O)[O-])C=C1.[Na+]. The molecule has 30 heavy (non-hydrogen) atoms. The molecule has 1 aliphatic heterocycles. The van der Waals surface area contributed by atoms with Gasteiger partial charge in [0.2, 0.25) is 0 Å². The standard InChI is InChI=1S/C23H37N2O3S.Na/c1-4-25(5-2)20-12-10-18(11-13-20)23(19-14-16-24(3)17-15-19)21-8-6-7-9-22(21)29(26,27)28;/h7,10-13,19-22H,4-6,8-9,14-17H2,1-3H3,(H,26,27,28);/q-1;+1. The molecule has 2 fully saturated rings. The molecule has 2 atom stereocenters. The van der Waals surface area contributed by atoms with Gasteiger partial charge in [-0.2, -0.15) is 12.8 Å². The van der Waals surface area contributed by atoms with E-state index in [0.29, 0.717) is 18.4 Å². The fourth-order valence-electron chi connectivity index (χ4n) is 5.40. The maximum atomic E-state index is 12.1. The van der Waals surface area contributed by atoms with E-state index >= 15 is 0 Å². The van der Waals surface area contributed by atoms with E-state index in [1.165, 1.54) is 10.5 Å². The van der Waals surface area contributed by atoms with Crippen LogP contribution in [0.4, 0.5) is 0 Å². The molecule has 3 aliphatic rings. The summed E-state index contributed by atoms with van der Waals surface area (Å²) in [6.45, 7) is 8.61. The number of hydrogen-bond donors (Lipinski definition) is 1. The van der Waals surface area contributed by atoms with Crippen LogP contribution in [-0.4, -0.2) is 62.4 Å². The average molecular weight is 445 g/mol. The van der Waals surface area contributed by atoms with Crippen LogP contribution in [0.1, 0.15) is 46.0 Å². The summed E-state index contributed by atoms with van der Waals surface area (Å²) in [6.07, 6.45) is 15.0. The van der Waals surface area contributed by atoms with E-state index in [4.69, 9.17) is 0 Å². The molecule has 3 rings (SSSR count). The third kappa shape index (κ3) is 6.31. The molecule has 0 radical (unpaired) electrons. The number of piperidine rings is 1. The van der Waals surface area contributed by atoms with Crippen molar-refractivity contribution in [2.24, 2.45) is 11.8 Å². The van der Waals surface area contributed by atoms with Crippen molar-refractivity contribution in [2.75, 3.05) is 33.2 Å².